The number of benzene rings is 1. The van der Waals surface area contributed by atoms with Gasteiger partial charge >= 0.3 is 0 Å². The second-order valence-electron chi connectivity index (χ2n) is 4.33. The number of aromatic nitrogens is 2. The molecule has 0 aliphatic rings. The molecular formula is C14H17BrClN3. The summed E-state index contributed by atoms with van der Waals surface area (Å²) in [4.78, 5) is 0. The number of rotatable bonds is 5. The Balaban J connectivity index is 2.30. The molecule has 1 aromatic carbocycles. The first-order chi connectivity index (χ1) is 9.17. The van der Waals surface area contributed by atoms with Gasteiger partial charge in [-0.05, 0) is 48.0 Å². The molecule has 0 saturated heterocycles. The van der Waals surface area contributed by atoms with Crippen molar-refractivity contribution in [2.45, 2.75) is 25.9 Å². The molecule has 1 N–H and O–H groups in total. The van der Waals surface area contributed by atoms with E-state index in [9.17, 15) is 0 Å². The highest BCUT2D eigenvalue weighted by molar-refractivity contribution is 9.10. The van der Waals surface area contributed by atoms with E-state index in [1.165, 1.54) is 0 Å². The average molecular weight is 343 g/mol. The standard InChI is InChI=1S/C14H17BrClN3/c1-3-19-14(11(15)9-18-19)13(17-2)8-10-6-4-5-7-12(10)16/h4-7,9,13,17H,3,8H2,1-2H3. The third-order valence-electron chi connectivity index (χ3n) is 3.19. The Morgan fingerprint density at radius 1 is 1.42 bits per heavy atom. The monoisotopic (exact) mass is 341 g/mol. The average Bonchev–Trinajstić information content (AvgIpc) is 2.79. The van der Waals surface area contributed by atoms with Crippen molar-refractivity contribution >= 4 is 27.5 Å². The Labute approximate surface area is 127 Å². The lowest BCUT2D eigenvalue weighted by Gasteiger charge is -2.19. The Kier molecular flexibility index (Phi) is 5.02. The van der Waals surface area contributed by atoms with Gasteiger partial charge in [-0.3, -0.25) is 4.68 Å². The lowest BCUT2D eigenvalue weighted by Crippen LogP contribution is -2.23. The molecular weight excluding hydrogens is 326 g/mol. The van der Waals surface area contributed by atoms with Gasteiger partial charge in [-0.2, -0.15) is 5.10 Å². The van der Waals surface area contributed by atoms with E-state index >= 15 is 0 Å². The van der Waals surface area contributed by atoms with Crippen molar-refractivity contribution in [1.29, 1.82) is 0 Å². The van der Waals surface area contributed by atoms with Crippen molar-refractivity contribution in [1.82, 2.24) is 15.1 Å². The zero-order chi connectivity index (χ0) is 13.8. The van der Waals surface area contributed by atoms with Crippen LogP contribution in [0.25, 0.3) is 0 Å². The Morgan fingerprint density at radius 2 is 2.16 bits per heavy atom. The van der Waals surface area contributed by atoms with Crippen LogP contribution in [0.3, 0.4) is 0 Å². The molecule has 5 heteroatoms. The van der Waals surface area contributed by atoms with E-state index in [0.717, 1.165) is 33.7 Å². The molecule has 0 spiro atoms. The van der Waals surface area contributed by atoms with Gasteiger partial charge in [0, 0.05) is 11.6 Å². The fraction of sp³-hybridized carbons (Fsp3) is 0.357. The van der Waals surface area contributed by atoms with E-state index in [2.05, 4.69) is 39.3 Å². The first-order valence-electron chi connectivity index (χ1n) is 6.29. The van der Waals surface area contributed by atoms with Gasteiger partial charge in [0.25, 0.3) is 0 Å². The maximum atomic E-state index is 6.24. The minimum Gasteiger partial charge on any atom is -0.311 e. The SMILES string of the molecule is CCn1ncc(Br)c1C(Cc1ccccc1Cl)NC. The van der Waals surface area contributed by atoms with Crippen LogP contribution in [0.2, 0.25) is 5.02 Å². The van der Waals surface area contributed by atoms with Gasteiger partial charge in [-0.15, -0.1) is 0 Å². The summed E-state index contributed by atoms with van der Waals surface area (Å²) in [5.41, 5.74) is 2.30. The lowest BCUT2D eigenvalue weighted by atomic mass is 10.0. The molecule has 0 radical (unpaired) electrons. The topological polar surface area (TPSA) is 29.9 Å². The summed E-state index contributed by atoms with van der Waals surface area (Å²) >= 11 is 9.81. The summed E-state index contributed by atoms with van der Waals surface area (Å²) in [6.45, 7) is 2.94. The highest BCUT2D eigenvalue weighted by Crippen LogP contribution is 2.28. The molecule has 1 aromatic heterocycles. The second kappa shape index (κ2) is 6.55. The van der Waals surface area contributed by atoms with E-state index in [-0.39, 0.29) is 6.04 Å². The molecule has 0 bridgehead atoms. The third-order valence-corrected chi connectivity index (χ3v) is 4.17. The molecule has 1 unspecified atom stereocenters. The number of hydrogen-bond donors (Lipinski definition) is 1. The predicted octanol–water partition coefficient (Wildman–Crippen LogP) is 3.82. The van der Waals surface area contributed by atoms with Crippen LogP contribution in [0.5, 0.6) is 0 Å². The van der Waals surface area contributed by atoms with Crippen LogP contribution in [0.4, 0.5) is 0 Å². The summed E-state index contributed by atoms with van der Waals surface area (Å²) in [7, 11) is 1.96. The number of hydrogen-bond acceptors (Lipinski definition) is 2. The number of halogens is 2. The molecule has 0 aliphatic carbocycles. The molecule has 102 valence electrons. The minimum absolute atomic E-state index is 0.178. The van der Waals surface area contributed by atoms with E-state index in [4.69, 9.17) is 11.6 Å². The Morgan fingerprint density at radius 3 is 2.79 bits per heavy atom. The molecule has 0 saturated carbocycles. The van der Waals surface area contributed by atoms with E-state index in [0.29, 0.717) is 0 Å². The van der Waals surface area contributed by atoms with Crippen LogP contribution in [-0.2, 0) is 13.0 Å². The summed E-state index contributed by atoms with van der Waals surface area (Å²) in [5.74, 6) is 0. The number of aryl methyl sites for hydroxylation is 1. The van der Waals surface area contributed by atoms with E-state index in [1.54, 1.807) is 0 Å². The molecule has 1 atom stereocenters. The smallest absolute Gasteiger partial charge is 0.0698 e. The fourth-order valence-corrected chi connectivity index (χ4v) is 2.98. The van der Waals surface area contributed by atoms with Crippen LogP contribution in [0.15, 0.2) is 34.9 Å². The van der Waals surface area contributed by atoms with E-state index < -0.39 is 0 Å². The van der Waals surface area contributed by atoms with Crippen LogP contribution in [-0.4, -0.2) is 16.8 Å². The van der Waals surface area contributed by atoms with Crippen molar-refractivity contribution in [3.05, 3.63) is 51.2 Å². The molecule has 0 aliphatic heterocycles. The van der Waals surface area contributed by atoms with Gasteiger partial charge in [0.15, 0.2) is 0 Å². The van der Waals surface area contributed by atoms with Gasteiger partial charge in [-0.1, -0.05) is 29.8 Å². The normalized spacial score (nSPS) is 12.6. The van der Waals surface area contributed by atoms with Gasteiger partial charge < -0.3 is 5.32 Å². The fourth-order valence-electron chi connectivity index (χ4n) is 2.19. The quantitative estimate of drug-likeness (QED) is 0.895. The largest absolute Gasteiger partial charge is 0.311 e. The summed E-state index contributed by atoms with van der Waals surface area (Å²) < 4.78 is 3.03. The molecule has 2 aromatic rings. The van der Waals surface area contributed by atoms with Crippen molar-refractivity contribution in [2.75, 3.05) is 7.05 Å². The Bertz CT molecular complexity index is 553. The highest BCUT2D eigenvalue weighted by atomic mass is 79.9. The molecule has 1 heterocycles. The van der Waals surface area contributed by atoms with Crippen LogP contribution >= 0.6 is 27.5 Å². The number of nitrogens with one attached hydrogen (secondary N) is 1. The maximum absolute atomic E-state index is 6.24. The highest BCUT2D eigenvalue weighted by Gasteiger charge is 2.19. The third kappa shape index (κ3) is 3.19. The zero-order valence-corrected chi connectivity index (χ0v) is 13.4. The van der Waals surface area contributed by atoms with Gasteiger partial charge in [0.2, 0.25) is 0 Å². The summed E-state index contributed by atoms with van der Waals surface area (Å²) in [6, 6.07) is 8.13. The van der Waals surface area contributed by atoms with Gasteiger partial charge in [0.05, 0.1) is 22.4 Å². The summed E-state index contributed by atoms with van der Waals surface area (Å²) in [6.07, 6.45) is 2.68. The van der Waals surface area contributed by atoms with Gasteiger partial charge in [0.1, 0.15) is 0 Å². The zero-order valence-electron chi connectivity index (χ0n) is 11.0. The first-order valence-corrected chi connectivity index (χ1v) is 7.46. The Hall–Kier alpha value is -0.840. The minimum atomic E-state index is 0.178. The van der Waals surface area contributed by atoms with Crippen molar-refractivity contribution in [3.63, 3.8) is 0 Å². The van der Waals surface area contributed by atoms with Crippen LogP contribution < -0.4 is 5.32 Å². The molecule has 0 fully saturated rings. The molecule has 2 rings (SSSR count). The van der Waals surface area contributed by atoms with Crippen LogP contribution in [0.1, 0.15) is 24.2 Å². The lowest BCUT2D eigenvalue weighted by molar-refractivity contribution is 0.512. The number of nitrogens with zero attached hydrogens (tertiary/aromatic N) is 2. The van der Waals surface area contributed by atoms with Crippen molar-refractivity contribution in [2.24, 2.45) is 0 Å². The predicted molar refractivity (Wildman–Crippen MR) is 82.6 cm³/mol. The van der Waals surface area contributed by atoms with Crippen LogP contribution in [0, 0.1) is 0 Å². The first kappa shape index (κ1) is 14.6. The van der Waals surface area contributed by atoms with Gasteiger partial charge in [-0.25, -0.2) is 0 Å². The maximum Gasteiger partial charge on any atom is 0.0698 e. The molecule has 0 amide bonds. The molecule has 3 nitrogen and oxygen atoms in total. The summed E-state index contributed by atoms with van der Waals surface area (Å²) in [5, 5.41) is 8.52. The van der Waals surface area contributed by atoms with E-state index in [1.807, 2.05) is 36.1 Å². The second-order valence-corrected chi connectivity index (χ2v) is 5.59. The van der Waals surface area contributed by atoms with Crippen molar-refractivity contribution < 1.29 is 0 Å². The number of likely N-dealkylation sites (N-methyl/N-ethyl adjacent to an activating group) is 1. The molecule has 19 heavy (non-hydrogen) atoms. The van der Waals surface area contributed by atoms with Crippen molar-refractivity contribution in [3.8, 4) is 0 Å².